The van der Waals surface area contributed by atoms with Crippen molar-refractivity contribution in [1.82, 2.24) is 4.98 Å². The van der Waals surface area contributed by atoms with Crippen LogP contribution in [0.3, 0.4) is 0 Å². The fourth-order valence-corrected chi connectivity index (χ4v) is 4.05. The largest absolute Gasteiger partial charge is 0.494 e. The predicted molar refractivity (Wildman–Crippen MR) is 99.2 cm³/mol. The van der Waals surface area contributed by atoms with Gasteiger partial charge < -0.3 is 14.2 Å². The molecule has 0 unspecified atom stereocenters. The Balaban J connectivity index is 1.64. The molecule has 2 heterocycles. The van der Waals surface area contributed by atoms with Gasteiger partial charge in [0.1, 0.15) is 30.3 Å². The first-order chi connectivity index (χ1) is 12.5. The van der Waals surface area contributed by atoms with Crippen LogP contribution in [0.25, 0.3) is 10.2 Å². The topological polar surface area (TPSA) is 69.7 Å². The minimum absolute atomic E-state index is 0.318. The first-order valence-electron chi connectivity index (χ1n) is 7.59. The second-order valence-electron chi connectivity index (χ2n) is 5.41. The van der Waals surface area contributed by atoms with Crippen LogP contribution in [0.2, 0.25) is 0 Å². The summed E-state index contributed by atoms with van der Waals surface area (Å²) in [4.78, 5) is 16.9. The van der Waals surface area contributed by atoms with Crippen molar-refractivity contribution in [3.63, 3.8) is 0 Å². The van der Waals surface area contributed by atoms with Gasteiger partial charge in [-0.05, 0) is 34.1 Å². The number of aromatic nitrogens is 1. The summed E-state index contributed by atoms with van der Waals surface area (Å²) in [6.45, 7) is 0.884. The van der Waals surface area contributed by atoms with E-state index < -0.39 is 5.82 Å². The monoisotopic (exact) mass is 438 g/mol. The standard InChI is InChI=1S/C17H12BrFN2O4S/c1-23-11-6-9(19)7-13-14(11)20-17(26-13)21-16(22)8-4-10(18)15-12(5-8)24-2-3-25-15/h4-7H,2-3H2,1H3,(H,20,21,22). The Morgan fingerprint density at radius 1 is 1.31 bits per heavy atom. The maximum absolute atomic E-state index is 13.6. The fraction of sp³-hybridized carbons (Fsp3) is 0.176. The number of carbonyl (C=O) groups excluding carboxylic acids is 1. The summed E-state index contributed by atoms with van der Waals surface area (Å²) in [5.41, 5.74) is 0.885. The lowest BCUT2D eigenvalue weighted by molar-refractivity contribution is 0.102. The Morgan fingerprint density at radius 2 is 2.12 bits per heavy atom. The number of anilines is 1. The molecule has 1 aliphatic rings. The van der Waals surface area contributed by atoms with Gasteiger partial charge in [-0.15, -0.1) is 0 Å². The van der Waals surface area contributed by atoms with Crippen LogP contribution >= 0.6 is 27.3 Å². The van der Waals surface area contributed by atoms with Crippen molar-refractivity contribution in [2.24, 2.45) is 0 Å². The zero-order chi connectivity index (χ0) is 18.3. The van der Waals surface area contributed by atoms with Gasteiger partial charge in [-0.25, -0.2) is 9.37 Å². The van der Waals surface area contributed by atoms with E-state index in [0.717, 1.165) is 0 Å². The van der Waals surface area contributed by atoms with Gasteiger partial charge in [0.15, 0.2) is 16.6 Å². The third-order valence-electron chi connectivity index (χ3n) is 3.72. The number of halogens is 2. The highest BCUT2D eigenvalue weighted by molar-refractivity contribution is 9.10. The molecule has 134 valence electrons. The Hall–Kier alpha value is -2.39. The predicted octanol–water partition coefficient (Wildman–Crippen LogP) is 4.23. The number of hydrogen-bond acceptors (Lipinski definition) is 6. The smallest absolute Gasteiger partial charge is 0.257 e. The Kier molecular flexibility index (Phi) is 4.41. The van der Waals surface area contributed by atoms with E-state index in [2.05, 4.69) is 26.2 Å². The molecule has 0 saturated carbocycles. The molecular formula is C17H12BrFN2O4S. The highest BCUT2D eigenvalue weighted by Crippen LogP contribution is 2.39. The number of nitrogens with one attached hydrogen (secondary N) is 1. The normalized spacial score (nSPS) is 12.9. The summed E-state index contributed by atoms with van der Waals surface area (Å²) in [5.74, 6) is 0.614. The zero-order valence-corrected chi connectivity index (χ0v) is 15.9. The number of amides is 1. The summed E-state index contributed by atoms with van der Waals surface area (Å²) in [7, 11) is 1.44. The van der Waals surface area contributed by atoms with Gasteiger partial charge in [0.25, 0.3) is 5.91 Å². The molecule has 0 aliphatic carbocycles. The number of carbonyl (C=O) groups is 1. The summed E-state index contributed by atoms with van der Waals surface area (Å²) in [6.07, 6.45) is 0. The van der Waals surface area contributed by atoms with E-state index in [0.29, 0.717) is 55.8 Å². The SMILES string of the molecule is COc1cc(F)cc2sc(NC(=O)c3cc(Br)c4c(c3)OCCO4)nc12. The van der Waals surface area contributed by atoms with E-state index in [1.165, 1.54) is 30.6 Å². The Bertz CT molecular complexity index is 1020. The molecule has 0 saturated heterocycles. The van der Waals surface area contributed by atoms with Crippen molar-refractivity contribution in [2.45, 2.75) is 0 Å². The van der Waals surface area contributed by atoms with Crippen LogP contribution in [-0.4, -0.2) is 31.2 Å². The lowest BCUT2D eigenvalue weighted by atomic mass is 10.2. The average Bonchev–Trinajstić information content (AvgIpc) is 3.03. The lowest BCUT2D eigenvalue weighted by Gasteiger charge is -2.20. The van der Waals surface area contributed by atoms with Gasteiger partial charge in [0, 0.05) is 11.6 Å². The molecular weight excluding hydrogens is 427 g/mol. The number of fused-ring (bicyclic) bond motifs is 2. The van der Waals surface area contributed by atoms with E-state index in [9.17, 15) is 9.18 Å². The van der Waals surface area contributed by atoms with Gasteiger partial charge in [-0.3, -0.25) is 10.1 Å². The molecule has 0 spiro atoms. The first kappa shape index (κ1) is 17.0. The Morgan fingerprint density at radius 3 is 2.92 bits per heavy atom. The summed E-state index contributed by atoms with van der Waals surface area (Å²) in [6, 6.07) is 5.87. The maximum atomic E-state index is 13.6. The number of methoxy groups -OCH3 is 1. The number of nitrogens with zero attached hydrogens (tertiary/aromatic N) is 1. The van der Waals surface area contributed by atoms with Crippen molar-refractivity contribution in [2.75, 3.05) is 25.6 Å². The molecule has 0 radical (unpaired) electrons. The molecule has 1 aliphatic heterocycles. The number of rotatable bonds is 3. The molecule has 9 heteroatoms. The van der Waals surface area contributed by atoms with Gasteiger partial charge in [0.2, 0.25) is 0 Å². The van der Waals surface area contributed by atoms with Crippen molar-refractivity contribution in [3.8, 4) is 17.2 Å². The Labute approximate surface area is 160 Å². The first-order valence-corrected chi connectivity index (χ1v) is 9.20. The van der Waals surface area contributed by atoms with Gasteiger partial charge >= 0.3 is 0 Å². The van der Waals surface area contributed by atoms with Gasteiger partial charge in [0.05, 0.1) is 16.3 Å². The van der Waals surface area contributed by atoms with Gasteiger partial charge in [-0.2, -0.15) is 0 Å². The van der Waals surface area contributed by atoms with Crippen LogP contribution in [0.4, 0.5) is 9.52 Å². The van der Waals surface area contributed by atoms with E-state index in [-0.39, 0.29) is 5.91 Å². The van der Waals surface area contributed by atoms with E-state index in [1.807, 2.05) is 0 Å². The number of hydrogen-bond donors (Lipinski definition) is 1. The van der Waals surface area contributed by atoms with Crippen LogP contribution < -0.4 is 19.5 Å². The average molecular weight is 439 g/mol. The van der Waals surface area contributed by atoms with E-state index in [1.54, 1.807) is 12.1 Å². The second kappa shape index (κ2) is 6.73. The second-order valence-corrected chi connectivity index (χ2v) is 7.30. The third kappa shape index (κ3) is 3.08. The molecule has 4 rings (SSSR count). The van der Waals surface area contributed by atoms with Crippen molar-refractivity contribution in [1.29, 1.82) is 0 Å². The van der Waals surface area contributed by atoms with E-state index >= 15 is 0 Å². The zero-order valence-electron chi connectivity index (χ0n) is 13.5. The quantitative estimate of drug-likeness (QED) is 0.662. The highest BCUT2D eigenvalue weighted by Gasteiger charge is 2.20. The lowest BCUT2D eigenvalue weighted by Crippen LogP contribution is -2.17. The molecule has 6 nitrogen and oxygen atoms in total. The number of thiazole rings is 1. The summed E-state index contributed by atoms with van der Waals surface area (Å²) in [5, 5.41) is 3.07. The third-order valence-corrected chi connectivity index (χ3v) is 5.23. The van der Waals surface area contributed by atoms with Crippen LogP contribution in [-0.2, 0) is 0 Å². The molecule has 0 atom stereocenters. The molecule has 0 fully saturated rings. The maximum Gasteiger partial charge on any atom is 0.257 e. The van der Waals surface area contributed by atoms with Crippen LogP contribution in [0, 0.1) is 5.82 Å². The van der Waals surface area contributed by atoms with Crippen LogP contribution in [0.15, 0.2) is 28.7 Å². The highest BCUT2D eigenvalue weighted by atomic mass is 79.9. The minimum Gasteiger partial charge on any atom is -0.494 e. The van der Waals surface area contributed by atoms with Crippen LogP contribution in [0.5, 0.6) is 17.2 Å². The van der Waals surface area contributed by atoms with Crippen molar-refractivity contribution in [3.05, 3.63) is 40.1 Å². The minimum atomic E-state index is -0.424. The van der Waals surface area contributed by atoms with Crippen LogP contribution in [0.1, 0.15) is 10.4 Å². The molecule has 0 bridgehead atoms. The number of benzene rings is 2. The molecule has 26 heavy (non-hydrogen) atoms. The van der Waals surface area contributed by atoms with Gasteiger partial charge in [-0.1, -0.05) is 11.3 Å². The molecule has 1 amide bonds. The molecule has 2 aromatic carbocycles. The fourth-order valence-electron chi connectivity index (χ4n) is 2.59. The number of ether oxygens (including phenoxy) is 3. The summed E-state index contributed by atoms with van der Waals surface area (Å²) < 4.78 is 31.0. The van der Waals surface area contributed by atoms with Crippen molar-refractivity contribution < 1.29 is 23.4 Å². The molecule has 1 aromatic heterocycles. The molecule has 3 aromatic rings. The summed E-state index contributed by atoms with van der Waals surface area (Å²) >= 11 is 4.55. The van der Waals surface area contributed by atoms with Crippen molar-refractivity contribution >= 4 is 48.5 Å². The molecule has 1 N–H and O–H groups in total. The van der Waals surface area contributed by atoms with E-state index in [4.69, 9.17) is 14.2 Å².